The minimum atomic E-state index is -3.78. The minimum Gasteiger partial charge on any atom is -0.491 e. The van der Waals surface area contributed by atoms with E-state index in [1.54, 1.807) is 37.4 Å². The van der Waals surface area contributed by atoms with Crippen molar-refractivity contribution >= 4 is 27.3 Å². The molecule has 8 nitrogen and oxygen atoms in total. The highest BCUT2D eigenvalue weighted by atomic mass is 32.2. The van der Waals surface area contributed by atoms with Crippen molar-refractivity contribution in [2.75, 3.05) is 44.1 Å². The fourth-order valence-corrected chi connectivity index (χ4v) is 3.21. The largest absolute Gasteiger partial charge is 0.491 e. The fourth-order valence-electron chi connectivity index (χ4n) is 2.16. The van der Waals surface area contributed by atoms with Crippen molar-refractivity contribution in [3.05, 3.63) is 48.5 Å². The number of benzene rings is 2. The van der Waals surface area contributed by atoms with E-state index in [1.807, 2.05) is 0 Å². The number of hydrogen-bond acceptors (Lipinski definition) is 6. The summed E-state index contributed by atoms with van der Waals surface area (Å²) < 4.78 is 42.6. The van der Waals surface area contributed by atoms with E-state index in [9.17, 15) is 13.2 Å². The van der Waals surface area contributed by atoms with Gasteiger partial charge in [-0.15, -0.1) is 0 Å². The third kappa shape index (κ3) is 6.55. The molecule has 146 valence electrons. The van der Waals surface area contributed by atoms with Crippen LogP contribution in [0.25, 0.3) is 0 Å². The highest BCUT2D eigenvalue weighted by molar-refractivity contribution is 7.92. The van der Waals surface area contributed by atoms with Crippen LogP contribution in [0, 0.1) is 0 Å². The van der Waals surface area contributed by atoms with Crippen molar-refractivity contribution in [2.24, 2.45) is 0 Å². The predicted molar refractivity (Wildman–Crippen MR) is 102 cm³/mol. The van der Waals surface area contributed by atoms with Crippen LogP contribution in [0.4, 0.5) is 11.4 Å². The Bertz CT molecular complexity index is 852. The van der Waals surface area contributed by atoms with E-state index < -0.39 is 10.0 Å². The van der Waals surface area contributed by atoms with Crippen LogP contribution in [0.5, 0.6) is 5.75 Å². The number of carbonyl (C=O) groups is 1. The van der Waals surface area contributed by atoms with Gasteiger partial charge < -0.3 is 19.5 Å². The van der Waals surface area contributed by atoms with Gasteiger partial charge in [0.2, 0.25) is 5.91 Å². The number of nitrogens with one attached hydrogen (secondary N) is 2. The van der Waals surface area contributed by atoms with Crippen molar-refractivity contribution in [3.63, 3.8) is 0 Å². The maximum Gasteiger partial charge on any atom is 0.261 e. The van der Waals surface area contributed by atoms with Gasteiger partial charge in [-0.25, -0.2) is 8.42 Å². The number of methoxy groups -OCH3 is 2. The Hall–Kier alpha value is -2.62. The number of carbonyl (C=O) groups excluding carboxylic acids is 1. The Labute approximate surface area is 158 Å². The van der Waals surface area contributed by atoms with Crippen molar-refractivity contribution in [1.82, 2.24) is 0 Å². The lowest BCUT2D eigenvalue weighted by atomic mass is 10.3. The molecule has 0 aliphatic carbocycles. The second-order valence-electron chi connectivity index (χ2n) is 5.48. The summed E-state index contributed by atoms with van der Waals surface area (Å²) in [4.78, 5) is 11.7. The molecule has 0 radical (unpaired) electrons. The lowest BCUT2D eigenvalue weighted by Crippen LogP contribution is -2.17. The number of hydrogen-bond donors (Lipinski definition) is 2. The molecule has 2 N–H and O–H groups in total. The normalized spacial score (nSPS) is 11.0. The van der Waals surface area contributed by atoms with Crippen LogP contribution in [0.2, 0.25) is 0 Å². The van der Waals surface area contributed by atoms with Crippen LogP contribution in [0.15, 0.2) is 53.4 Å². The summed E-state index contributed by atoms with van der Waals surface area (Å²) in [5, 5.41) is 2.62. The monoisotopic (exact) mass is 394 g/mol. The zero-order valence-electron chi connectivity index (χ0n) is 15.1. The van der Waals surface area contributed by atoms with Gasteiger partial charge in [-0.3, -0.25) is 9.52 Å². The van der Waals surface area contributed by atoms with Gasteiger partial charge in [-0.2, -0.15) is 0 Å². The molecule has 1 amide bonds. The lowest BCUT2D eigenvalue weighted by Gasteiger charge is -2.11. The molecule has 2 aromatic rings. The fraction of sp³-hybridized carbons (Fsp3) is 0.278. The van der Waals surface area contributed by atoms with Crippen molar-refractivity contribution < 1.29 is 27.4 Å². The number of sulfonamides is 1. The first-order valence-corrected chi connectivity index (χ1v) is 9.56. The van der Waals surface area contributed by atoms with Crippen molar-refractivity contribution in [3.8, 4) is 5.75 Å². The summed E-state index contributed by atoms with van der Waals surface area (Å²) in [7, 11) is -0.792. The molecule has 2 rings (SSSR count). The Balaban J connectivity index is 2.06. The van der Waals surface area contributed by atoms with E-state index in [0.717, 1.165) is 0 Å². The zero-order valence-corrected chi connectivity index (χ0v) is 15.9. The van der Waals surface area contributed by atoms with Gasteiger partial charge >= 0.3 is 0 Å². The number of rotatable bonds is 10. The van der Waals surface area contributed by atoms with Crippen molar-refractivity contribution in [2.45, 2.75) is 4.90 Å². The summed E-state index contributed by atoms with van der Waals surface area (Å²) in [6, 6.07) is 12.4. The maximum atomic E-state index is 12.5. The maximum absolute atomic E-state index is 12.5. The Morgan fingerprint density at radius 2 is 1.67 bits per heavy atom. The molecule has 27 heavy (non-hydrogen) atoms. The van der Waals surface area contributed by atoms with Gasteiger partial charge in [0.05, 0.1) is 17.2 Å². The van der Waals surface area contributed by atoms with Gasteiger partial charge in [0.15, 0.2) is 0 Å². The Morgan fingerprint density at radius 3 is 2.33 bits per heavy atom. The Kier molecular flexibility index (Phi) is 7.59. The first-order valence-electron chi connectivity index (χ1n) is 8.08. The van der Waals surface area contributed by atoms with Gasteiger partial charge in [-0.05, 0) is 42.5 Å². The predicted octanol–water partition coefficient (Wildman–Crippen LogP) is 2.10. The van der Waals surface area contributed by atoms with E-state index in [-0.39, 0.29) is 17.4 Å². The molecule has 0 heterocycles. The molecule has 0 aromatic heterocycles. The first-order chi connectivity index (χ1) is 12.9. The molecule has 0 spiro atoms. The molecular formula is C18H22N2O6S. The quantitative estimate of drug-likeness (QED) is 0.598. The molecule has 9 heteroatoms. The first kappa shape index (κ1) is 20.7. The molecular weight excluding hydrogens is 372 g/mol. The third-order valence-electron chi connectivity index (χ3n) is 3.36. The average Bonchev–Trinajstić information content (AvgIpc) is 2.62. The van der Waals surface area contributed by atoms with E-state index in [4.69, 9.17) is 14.2 Å². The van der Waals surface area contributed by atoms with Gasteiger partial charge in [-0.1, -0.05) is 6.07 Å². The lowest BCUT2D eigenvalue weighted by molar-refractivity contribution is -0.119. The molecule has 0 saturated carbocycles. The van der Waals surface area contributed by atoms with Gasteiger partial charge in [0.1, 0.15) is 19.0 Å². The molecule has 0 fully saturated rings. The Morgan fingerprint density at radius 1 is 0.963 bits per heavy atom. The van der Waals surface area contributed by atoms with Crippen LogP contribution in [-0.4, -0.2) is 48.4 Å². The summed E-state index contributed by atoms with van der Waals surface area (Å²) >= 11 is 0. The molecule has 0 aliphatic rings. The van der Waals surface area contributed by atoms with Gasteiger partial charge in [0, 0.05) is 19.9 Å². The van der Waals surface area contributed by atoms with E-state index in [1.165, 1.54) is 25.3 Å². The molecule has 0 saturated heterocycles. The summed E-state index contributed by atoms with van der Waals surface area (Å²) in [6.45, 7) is 0.732. The van der Waals surface area contributed by atoms with Crippen molar-refractivity contribution in [1.29, 1.82) is 0 Å². The standard InChI is InChI=1S/C18H22N2O6S/c1-24-10-11-26-16-6-8-17(9-7-16)27(22,23)20-15-5-3-4-14(12-15)19-18(21)13-25-2/h3-9,12,20H,10-11,13H2,1-2H3,(H,19,21). The SMILES string of the molecule is COCCOc1ccc(S(=O)(=O)Nc2cccc(NC(=O)COC)c2)cc1. The van der Waals surface area contributed by atoms with Crippen LogP contribution >= 0.6 is 0 Å². The van der Waals surface area contributed by atoms with Crippen LogP contribution in [0.1, 0.15) is 0 Å². The number of ether oxygens (including phenoxy) is 3. The summed E-state index contributed by atoms with van der Waals surface area (Å²) in [6.07, 6.45) is 0. The number of amides is 1. The second kappa shape index (κ2) is 9.91. The second-order valence-corrected chi connectivity index (χ2v) is 7.16. The molecule has 0 unspecified atom stereocenters. The average molecular weight is 394 g/mol. The van der Waals surface area contributed by atoms with Crippen LogP contribution in [-0.2, 0) is 24.3 Å². The highest BCUT2D eigenvalue weighted by Crippen LogP contribution is 2.21. The minimum absolute atomic E-state index is 0.0885. The van der Waals surface area contributed by atoms with Crippen LogP contribution < -0.4 is 14.8 Å². The molecule has 0 aliphatic heterocycles. The molecule has 2 aromatic carbocycles. The molecule has 0 atom stereocenters. The zero-order chi connectivity index (χ0) is 19.7. The smallest absolute Gasteiger partial charge is 0.261 e. The van der Waals surface area contributed by atoms with Gasteiger partial charge in [0.25, 0.3) is 10.0 Å². The molecule has 0 bridgehead atoms. The summed E-state index contributed by atoms with van der Waals surface area (Å²) in [5.41, 5.74) is 0.782. The topological polar surface area (TPSA) is 103 Å². The van der Waals surface area contributed by atoms with E-state index in [2.05, 4.69) is 10.0 Å². The summed E-state index contributed by atoms with van der Waals surface area (Å²) in [5.74, 6) is 0.218. The van der Waals surface area contributed by atoms with E-state index >= 15 is 0 Å². The third-order valence-corrected chi connectivity index (χ3v) is 4.76. The van der Waals surface area contributed by atoms with E-state index in [0.29, 0.717) is 30.3 Å². The van der Waals surface area contributed by atoms with Crippen LogP contribution in [0.3, 0.4) is 0 Å². The highest BCUT2D eigenvalue weighted by Gasteiger charge is 2.14. The number of anilines is 2.